The number of benzene rings is 3. The highest BCUT2D eigenvalue weighted by molar-refractivity contribution is 8.01. The lowest BCUT2D eigenvalue weighted by molar-refractivity contribution is -0.159. The summed E-state index contributed by atoms with van der Waals surface area (Å²) in [6.07, 6.45) is 5.28. The van der Waals surface area contributed by atoms with Crippen LogP contribution in [0, 0.1) is 0 Å². The minimum absolute atomic E-state index is 0.741. The lowest BCUT2D eigenvalue weighted by Gasteiger charge is -2.15. The normalized spacial score (nSPS) is 13.0. The Bertz CT molecular complexity index is 1670. The maximum Gasteiger partial charge on any atom is 0.414 e. The van der Waals surface area contributed by atoms with E-state index in [0.29, 0.717) is 0 Å². The van der Waals surface area contributed by atoms with Gasteiger partial charge in [0.2, 0.25) is 0 Å². The minimum Gasteiger partial charge on any atom is -0.492 e. The van der Waals surface area contributed by atoms with Crippen molar-refractivity contribution in [1.82, 2.24) is 9.88 Å². The van der Waals surface area contributed by atoms with E-state index in [1.807, 2.05) is 22.9 Å². The number of hydrogen-bond acceptors (Lipinski definition) is 8. The van der Waals surface area contributed by atoms with E-state index in [-0.39, 0.29) is 0 Å². The number of fused-ring (bicyclic) bond motifs is 1. The maximum atomic E-state index is 9.10. The number of thiophene rings is 1. The molecule has 0 unspecified atom stereocenters. The summed E-state index contributed by atoms with van der Waals surface area (Å²) in [5, 5.41) is 18.9. The van der Waals surface area contributed by atoms with E-state index in [4.69, 9.17) is 36.1 Å². The first kappa shape index (κ1) is 31.0. The number of carboxylic acid groups (broad SMARTS) is 2. The Hall–Kier alpha value is -3.41. The van der Waals surface area contributed by atoms with Crippen LogP contribution in [0.5, 0.6) is 5.75 Å². The van der Waals surface area contributed by atoms with Crippen LogP contribution < -0.4 is 4.74 Å². The first-order valence-corrected chi connectivity index (χ1v) is 16.5. The Labute approximate surface area is 266 Å². The molecule has 11 heteroatoms. The van der Waals surface area contributed by atoms with E-state index < -0.39 is 11.9 Å². The van der Waals surface area contributed by atoms with Gasteiger partial charge in [0, 0.05) is 32.6 Å². The Morgan fingerprint density at radius 1 is 1.00 bits per heavy atom. The van der Waals surface area contributed by atoms with Crippen molar-refractivity contribution in [3.05, 3.63) is 94.5 Å². The van der Waals surface area contributed by atoms with E-state index in [2.05, 4.69) is 76.6 Å². The van der Waals surface area contributed by atoms with E-state index in [1.54, 1.807) is 23.1 Å². The predicted octanol–water partition coefficient (Wildman–Crippen LogP) is 8.05. The Kier molecular flexibility index (Phi) is 10.7. The summed E-state index contributed by atoms with van der Waals surface area (Å²) < 4.78 is 8.36. The zero-order valence-electron chi connectivity index (χ0n) is 23.1. The standard InChI is InChI=1S/C30H27ClN2OS3.C2H2O4/c31-26-20-21(7-12-28(26)37-30-32-13-18-35-30)19-25-24-5-1-2-6-27(24)36-29(25)22-8-10-23(11-9-22)34-17-16-33-14-3-4-15-33;3-1(4)2(5)6/h1-2,5-13,18,20H,3-4,14-17,19H2;(H,3,4)(H,5,6). The van der Waals surface area contributed by atoms with Gasteiger partial charge in [0.15, 0.2) is 4.34 Å². The molecule has 43 heavy (non-hydrogen) atoms. The predicted molar refractivity (Wildman–Crippen MR) is 174 cm³/mol. The molecule has 0 radical (unpaired) electrons. The molecule has 1 aliphatic rings. The fourth-order valence-corrected chi connectivity index (χ4v) is 7.93. The van der Waals surface area contributed by atoms with Crippen LogP contribution >= 0.6 is 46.0 Å². The zero-order valence-corrected chi connectivity index (χ0v) is 26.3. The molecule has 0 atom stereocenters. The number of halogens is 1. The molecule has 222 valence electrons. The number of likely N-dealkylation sites (tertiary alicyclic amines) is 1. The number of hydrogen-bond donors (Lipinski definition) is 2. The molecule has 2 aromatic heterocycles. The average molecular weight is 653 g/mol. The molecule has 6 rings (SSSR count). The van der Waals surface area contributed by atoms with E-state index in [0.717, 1.165) is 39.6 Å². The van der Waals surface area contributed by atoms with E-state index in [1.165, 1.54) is 57.6 Å². The number of nitrogens with zero attached hydrogens (tertiary/aromatic N) is 2. The molecule has 5 aromatic rings. The van der Waals surface area contributed by atoms with Crippen molar-refractivity contribution < 1.29 is 24.5 Å². The summed E-state index contributed by atoms with van der Waals surface area (Å²) >= 11 is 11.8. The smallest absolute Gasteiger partial charge is 0.414 e. The summed E-state index contributed by atoms with van der Waals surface area (Å²) in [5.74, 6) is -2.71. The topological polar surface area (TPSA) is 100.0 Å². The van der Waals surface area contributed by atoms with Crippen LogP contribution in [0.25, 0.3) is 20.5 Å². The van der Waals surface area contributed by atoms with E-state index in [9.17, 15) is 0 Å². The molecule has 0 saturated carbocycles. The lowest BCUT2D eigenvalue weighted by atomic mass is 9.99. The summed E-state index contributed by atoms with van der Waals surface area (Å²) in [7, 11) is 0. The second kappa shape index (κ2) is 14.9. The van der Waals surface area contributed by atoms with Gasteiger partial charge in [-0.2, -0.15) is 0 Å². The molecule has 1 fully saturated rings. The van der Waals surface area contributed by atoms with E-state index >= 15 is 0 Å². The van der Waals surface area contributed by atoms with Crippen LogP contribution in [0.4, 0.5) is 0 Å². The molecule has 3 aromatic carbocycles. The molecule has 7 nitrogen and oxygen atoms in total. The van der Waals surface area contributed by atoms with Gasteiger partial charge in [-0.1, -0.05) is 47.6 Å². The van der Waals surface area contributed by atoms with Crippen molar-refractivity contribution in [3.63, 3.8) is 0 Å². The van der Waals surface area contributed by atoms with Gasteiger partial charge in [0.1, 0.15) is 12.4 Å². The number of ether oxygens (including phenoxy) is 1. The van der Waals surface area contributed by atoms with Gasteiger partial charge in [-0.25, -0.2) is 14.6 Å². The quantitative estimate of drug-likeness (QED) is 0.154. The summed E-state index contributed by atoms with van der Waals surface area (Å²) in [6, 6.07) is 23.7. The van der Waals surface area contributed by atoms with Gasteiger partial charge in [0.25, 0.3) is 0 Å². The van der Waals surface area contributed by atoms with Crippen LogP contribution in [0.1, 0.15) is 24.0 Å². The molecule has 0 aliphatic carbocycles. The Morgan fingerprint density at radius 3 is 2.42 bits per heavy atom. The van der Waals surface area contributed by atoms with Crippen LogP contribution in [0.15, 0.2) is 87.5 Å². The third kappa shape index (κ3) is 8.36. The second-order valence-electron chi connectivity index (χ2n) is 9.78. The number of thiazole rings is 1. The van der Waals surface area contributed by atoms with Crippen LogP contribution in [0.3, 0.4) is 0 Å². The largest absolute Gasteiger partial charge is 0.492 e. The highest BCUT2D eigenvalue weighted by Gasteiger charge is 2.16. The lowest BCUT2D eigenvalue weighted by Crippen LogP contribution is -2.25. The van der Waals surface area contributed by atoms with Crippen LogP contribution in [-0.2, 0) is 16.0 Å². The summed E-state index contributed by atoms with van der Waals surface area (Å²) in [6.45, 7) is 4.16. The number of carboxylic acids is 2. The van der Waals surface area contributed by atoms with Crippen LogP contribution in [-0.4, -0.2) is 58.3 Å². The molecule has 0 amide bonds. The van der Waals surface area contributed by atoms with Gasteiger partial charge >= 0.3 is 11.9 Å². The molecular formula is C32H29ClN2O5S3. The maximum absolute atomic E-state index is 9.10. The first-order chi connectivity index (χ1) is 20.9. The fourth-order valence-electron chi connectivity index (χ4n) is 4.80. The minimum atomic E-state index is -1.82. The fraction of sp³-hybridized carbons (Fsp3) is 0.219. The molecule has 1 saturated heterocycles. The zero-order chi connectivity index (χ0) is 30.2. The monoisotopic (exact) mass is 652 g/mol. The van der Waals surface area contributed by atoms with Crippen molar-refractivity contribution in [2.24, 2.45) is 0 Å². The van der Waals surface area contributed by atoms with Gasteiger partial charge in [0.05, 0.1) is 5.02 Å². The average Bonchev–Trinajstić information content (AvgIpc) is 3.78. The molecular weight excluding hydrogens is 624 g/mol. The SMILES string of the molecule is Clc1cc(Cc2c(-c3ccc(OCCN4CCCC4)cc3)sc3ccccc23)ccc1Sc1nccs1.O=C(O)C(=O)O. The number of rotatable bonds is 9. The summed E-state index contributed by atoms with van der Waals surface area (Å²) in [4.78, 5) is 27.4. The number of carbonyl (C=O) groups is 2. The van der Waals surface area contributed by atoms with Crippen molar-refractivity contribution in [2.45, 2.75) is 28.5 Å². The van der Waals surface area contributed by atoms with Crippen LogP contribution in [0.2, 0.25) is 5.02 Å². The molecule has 0 spiro atoms. The summed E-state index contributed by atoms with van der Waals surface area (Å²) in [5.41, 5.74) is 3.78. The van der Waals surface area contributed by atoms with Crippen molar-refractivity contribution >= 4 is 68.1 Å². The number of aromatic nitrogens is 1. The van der Waals surface area contributed by atoms with Crippen molar-refractivity contribution in [1.29, 1.82) is 0 Å². The molecule has 0 bridgehead atoms. The Balaban J connectivity index is 0.000000559. The molecule has 1 aliphatic heterocycles. The first-order valence-electron chi connectivity index (χ1n) is 13.7. The van der Waals surface area contributed by atoms with Gasteiger partial charge < -0.3 is 14.9 Å². The third-order valence-electron chi connectivity index (χ3n) is 6.86. The Morgan fingerprint density at radius 2 is 1.74 bits per heavy atom. The van der Waals surface area contributed by atoms with Gasteiger partial charge in [-0.05, 0) is 96.9 Å². The van der Waals surface area contributed by atoms with Crippen molar-refractivity contribution in [2.75, 3.05) is 26.2 Å². The molecule has 3 heterocycles. The highest BCUT2D eigenvalue weighted by Crippen LogP contribution is 2.41. The molecule has 2 N–H and O–H groups in total. The van der Waals surface area contributed by atoms with Gasteiger partial charge in [-0.15, -0.1) is 22.7 Å². The third-order valence-corrected chi connectivity index (χ3v) is 10.5. The second-order valence-corrected chi connectivity index (χ2v) is 13.4. The van der Waals surface area contributed by atoms with Gasteiger partial charge in [-0.3, -0.25) is 4.90 Å². The number of aliphatic carboxylic acids is 2. The van der Waals surface area contributed by atoms with Crippen molar-refractivity contribution in [3.8, 4) is 16.2 Å². The highest BCUT2D eigenvalue weighted by atomic mass is 35.5.